The third-order valence-corrected chi connectivity index (χ3v) is 3.53. The summed E-state index contributed by atoms with van der Waals surface area (Å²) in [5, 5.41) is 6.70. The van der Waals surface area contributed by atoms with E-state index in [1.807, 2.05) is 6.92 Å². The third-order valence-electron chi connectivity index (χ3n) is 3.28. The number of hydrogen-bond acceptors (Lipinski definition) is 6. The molecule has 1 fully saturated rings. The fourth-order valence-corrected chi connectivity index (χ4v) is 2.25. The molecule has 0 bridgehead atoms. The van der Waals surface area contributed by atoms with Gasteiger partial charge in [-0.2, -0.15) is 0 Å². The van der Waals surface area contributed by atoms with E-state index in [1.165, 1.54) is 13.8 Å². The lowest BCUT2D eigenvalue weighted by atomic mass is 10.2. The zero-order valence-corrected chi connectivity index (χ0v) is 14.7. The number of anilines is 1. The highest BCUT2D eigenvalue weighted by molar-refractivity contribution is 6.30. The molecule has 1 aromatic carbocycles. The van der Waals surface area contributed by atoms with Crippen molar-refractivity contribution in [3.63, 3.8) is 0 Å². The molecule has 0 amide bonds. The van der Waals surface area contributed by atoms with Gasteiger partial charge in [0.25, 0.3) is 5.79 Å². The number of benzene rings is 1. The van der Waals surface area contributed by atoms with Crippen LogP contribution in [0.2, 0.25) is 5.02 Å². The molecule has 1 aliphatic rings. The molecular formula is C17H21ClN2O4. The first-order chi connectivity index (χ1) is 11.3. The summed E-state index contributed by atoms with van der Waals surface area (Å²) in [6.07, 6.45) is 1.85. The molecule has 24 heavy (non-hydrogen) atoms. The summed E-state index contributed by atoms with van der Waals surface area (Å²) in [5.74, 6) is -2.46. The predicted octanol–water partition coefficient (Wildman–Crippen LogP) is 3.19. The number of carbonyl (C=O) groups excluding carboxylic acids is 2. The molecule has 6 nitrogen and oxygen atoms in total. The molecule has 2 N–H and O–H groups in total. The van der Waals surface area contributed by atoms with E-state index >= 15 is 0 Å². The predicted molar refractivity (Wildman–Crippen MR) is 91.3 cm³/mol. The summed E-state index contributed by atoms with van der Waals surface area (Å²) >= 11 is 5.87. The van der Waals surface area contributed by atoms with Gasteiger partial charge in [-0.1, -0.05) is 24.9 Å². The van der Waals surface area contributed by atoms with Gasteiger partial charge < -0.3 is 20.1 Å². The van der Waals surface area contributed by atoms with E-state index in [9.17, 15) is 9.59 Å². The van der Waals surface area contributed by atoms with Gasteiger partial charge in [-0.15, -0.1) is 0 Å². The average molecular weight is 353 g/mol. The van der Waals surface area contributed by atoms with Gasteiger partial charge in [0.2, 0.25) is 0 Å². The fraction of sp³-hybridized carbons (Fsp3) is 0.412. The minimum Gasteiger partial charge on any atom is -0.419 e. The number of hydrogen-bond donors (Lipinski definition) is 2. The molecule has 0 spiro atoms. The molecule has 2 rings (SSSR count). The summed E-state index contributed by atoms with van der Waals surface area (Å²) in [4.78, 5) is 24.5. The van der Waals surface area contributed by atoms with Gasteiger partial charge in [0.15, 0.2) is 5.57 Å². The fourth-order valence-electron chi connectivity index (χ4n) is 2.12. The molecule has 0 atom stereocenters. The molecular weight excluding hydrogens is 332 g/mol. The average Bonchev–Trinajstić information content (AvgIpc) is 2.47. The number of carbonyl (C=O) groups is 2. The van der Waals surface area contributed by atoms with Gasteiger partial charge in [0, 0.05) is 31.1 Å². The topological polar surface area (TPSA) is 76.7 Å². The highest BCUT2D eigenvalue weighted by Gasteiger charge is 2.41. The first kappa shape index (κ1) is 18.1. The molecule has 1 aliphatic heterocycles. The monoisotopic (exact) mass is 352 g/mol. The SMILES string of the molecule is CCCCNC(Nc1ccc(Cl)cc1)=C1C(=O)OC(C)(C)OC1=O. The number of ether oxygens (including phenoxy) is 2. The van der Waals surface area contributed by atoms with Gasteiger partial charge >= 0.3 is 11.9 Å². The van der Waals surface area contributed by atoms with Crippen molar-refractivity contribution >= 4 is 29.2 Å². The van der Waals surface area contributed by atoms with Crippen molar-refractivity contribution < 1.29 is 19.1 Å². The van der Waals surface area contributed by atoms with E-state index in [0.29, 0.717) is 17.3 Å². The van der Waals surface area contributed by atoms with E-state index in [2.05, 4.69) is 10.6 Å². The van der Waals surface area contributed by atoms with Crippen LogP contribution in [-0.4, -0.2) is 24.3 Å². The molecule has 0 unspecified atom stereocenters. The summed E-state index contributed by atoms with van der Waals surface area (Å²) in [7, 11) is 0. The van der Waals surface area contributed by atoms with Crippen molar-refractivity contribution in [1.82, 2.24) is 5.32 Å². The lowest BCUT2D eigenvalue weighted by molar-refractivity contribution is -0.222. The van der Waals surface area contributed by atoms with Crippen LogP contribution in [0.3, 0.4) is 0 Å². The zero-order valence-electron chi connectivity index (χ0n) is 13.9. The van der Waals surface area contributed by atoms with E-state index < -0.39 is 17.7 Å². The van der Waals surface area contributed by atoms with Crippen LogP contribution < -0.4 is 10.6 Å². The van der Waals surface area contributed by atoms with Gasteiger partial charge in [-0.05, 0) is 30.7 Å². The number of cyclic esters (lactones) is 2. The van der Waals surface area contributed by atoms with Crippen LogP contribution in [0.5, 0.6) is 0 Å². The van der Waals surface area contributed by atoms with Gasteiger partial charge in [0.05, 0.1) is 0 Å². The Labute approximate surface area is 146 Å². The van der Waals surface area contributed by atoms with Gasteiger partial charge in [0.1, 0.15) is 5.82 Å². The molecule has 0 radical (unpaired) electrons. The highest BCUT2D eigenvalue weighted by Crippen LogP contribution is 2.25. The van der Waals surface area contributed by atoms with Crippen molar-refractivity contribution in [2.24, 2.45) is 0 Å². The molecule has 1 heterocycles. The number of halogens is 1. The summed E-state index contributed by atoms with van der Waals surface area (Å²) in [5.41, 5.74) is 0.497. The lowest BCUT2D eigenvalue weighted by Gasteiger charge is -2.31. The molecule has 130 valence electrons. The van der Waals surface area contributed by atoms with Crippen molar-refractivity contribution in [3.05, 3.63) is 40.7 Å². The van der Waals surface area contributed by atoms with Crippen molar-refractivity contribution in [3.8, 4) is 0 Å². The third kappa shape index (κ3) is 4.64. The Balaban J connectivity index is 2.31. The number of esters is 2. The summed E-state index contributed by atoms with van der Waals surface area (Å²) in [6.45, 7) is 5.67. The second-order valence-electron chi connectivity index (χ2n) is 5.84. The Morgan fingerprint density at radius 1 is 1.12 bits per heavy atom. The Hall–Kier alpha value is -2.21. The van der Waals surface area contributed by atoms with Gasteiger partial charge in [-0.25, -0.2) is 9.59 Å². The Morgan fingerprint density at radius 2 is 1.71 bits per heavy atom. The van der Waals surface area contributed by atoms with E-state index in [-0.39, 0.29) is 11.4 Å². The number of unbranched alkanes of at least 4 members (excludes halogenated alkanes) is 1. The largest absolute Gasteiger partial charge is 0.419 e. The van der Waals surface area contributed by atoms with Crippen LogP contribution >= 0.6 is 11.6 Å². The van der Waals surface area contributed by atoms with Crippen LogP contribution in [0.1, 0.15) is 33.6 Å². The molecule has 1 aromatic rings. The normalized spacial score (nSPS) is 16.2. The molecule has 0 aliphatic carbocycles. The van der Waals surface area contributed by atoms with Crippen LogP contribution in [0.4, 0.5) is 5.69 Å². The standard InChI is InChI=1S/C17H21ClN2O4/c1-4-5-10-19-14(20-12-8-6-11(18)7-9-12)13-15(21)23-17(2,3)24-16(13)22/h6-9,19-20H,4-5,10H2,1-3H3. The number of rotatable bonds is 6. The summed E-state index contributed by atoms with van der Waals surface area (Å²) in [6, 6.07) is 6.90. The first-order valence-corrected chi connectivity index (χ1v) is 8.17. The minimum atomic E-state index is -1.27. The Bertz CT molecular complexity index is 631. The van der Waals surface area contributed by atoms with E-state index in [0.717, 1.165) is 12.8 Å². The van der Waals surface area contributed by atoms with Crippen molar-refractivity contribution in [2.75, 3.05) is 11.9 Å². The second-order valence-corrected chi connectivity index (χ2v) is 6.28. The Morgan fingerprint density at radius 3 is 2.25 bits per heavy atom. The van der Waals surface area contributed by atoms with E-state index in [4.69, 9.17) is 21.1 Å². The quantitative estimate of drug-likeness (QED) is 0.354. The number of nitrogens with one attached hydrogen (secondary N) is 2. The smallest absolute Gasteiger partial charge is 0.352 e. The highest BCUT2D eigenvalue weighted by atomic mass is 35.5. The van der Waals surface area contributed by atoms with E-state index in [1.54, 1.807) is 24.3 Å². The minimum absolute atomic E-state index is 0.180. The summed E-state index contributed by atoms with van der Waals surface area (Å²) < 4.78 is 10.3. The molecule has 1 saturated heterocycles. The van der Waals surface area contributed by atoms with Crippen LogP contribution in [-0.2, 0) is 19.1 Å². The van der Waals surface area contributed by atoms with Crippen molar-refractivity contribution in [1.29, 1.82) is 0 Å². The molecule has 0 aromatic heterocycles. The van der Waals surface area contributed by atoms with Crippen LogP contribution in [0.15, 0.2) is 35.7 Å². The first-order valence-electron chi connectivity index (χ1n) is 7.80. The maximum atomic E-state index is 12.3. The molecule has 0 saturated carbocycles. The van der Waals surface area contributed by atoms with Crippen molar-refractivity contribution in [2.45, 2.75) is 39.4 Å². The van der Waals surface area contributed by atoms with Gasteiger partial charge in [-0.3, -0.25) is 0 Å². The maximum absolute atomic E-state index is 12.3. The lowest BCUT2D eigenvalue weighted by Crippen LogP contribution is -2.44. The Kier molecular flexibility index (Phi) is 5.72. The molecule has 7 heteroatoms. The second kappa shape index (κ2) is 7.57. The maximum Gasteiger partial charge on any atom is 0.352 e. The van der Waals surface area contributed by atoms with Crippen LogP contribution in [0, 0.1) is 0 Å². The zero-order chi connectivity index (χ0) is 17.7. The van der Waals surface area contributed by atoms with Crippen LogP contribution in [0.25, 0.3) is 0 Å².